The first-order chi connectivity index (χ1) is 10.6. The van der Waals surface area contributed by atoms with Crippen LogP contribution in [0.5, 0.6) is 0 Å². The third kappa shape index (κ3) is 3.16. The number of allylic oxidation sites excluding steroid dienone is 4. The maximum absolute atomic E-state index is 12.9. The maximum Gasteiger partial charge on any atom is 0.189 e. The van der Waals surface area contributed by atoms with Crippen LogP contribution in [0.2, 0.25) is 0 Å². The number of ketones is 1. The smallest absolute Gasteiger partial charge is 0.189 e. The van der Waals surface area contributed by atoms with E-state index in [1.165, 1.54) is 0 Å². The maximum atomic E-state index is 12.9. The summed E-state index contributed by atoms with van der Waals surface area (Å²) in [6.07, 6.45) is 3.87. The molecule has 110 valence electrons. The molecule has 0 unspecified atom stereocenters. The molecule has 1 nitrogen and oxygen atoms in total. The van der Waals surface area contributed by atoms with E-state index in [1.807, 2.05) is 54.6 Å². The molecular formula is C19H14Cl2O. The Labute approximate surface area is 139 Å². The Morgan fingerprint density at radius 3 is 2.14 bits per heavy atom. The Morgan fingerprint density at radius 1 is 0.909 bits per heavy atom. The largest absolute Gasteiger partial charge is 0.289 e. The van der Waals surface area contributed by atoms with Crippen molar-refractivity contribution in [3.63, 3.8) is 0 Å². The van der Waals surface area contributed by atoms with Crippen LogP contribution in [0.25, 0.3) is 5.57 Å². The molecule has 0 saturated carbocycles. The highest BCUT2D eigenvalue weighted by Gasteiger charge is 2.31. The van der Waals surface area contributed by atoms with Crippen LogP contribution in [0.15, 0.2) is 78.4 Å². The lowest BCUT2D eigenvalue weighted by Gasteiger charge is -2.24. The van der Waals surface area contributed by atoms with Crippen molar-refractivity contribution in [2.45, 2.75) is 10.8 Å². The Kier molecular flexibility index (Phi) is 4.19. The van der Waals surface area contributed by atoms with Gasteiger partial charge in [0, 0.05) is 17.6 Å². The first kappa shape index (κ1) is 15.1. The molecule has 0 bridgehead atoms. The molecule has 0 atom stereocenters. The molecular weight excluding hydrogens is 315 g/mol. The van der Waals surface area contributed by atoms with Crippen molar-refractivity contribution in [3.8, 4) is 0 Å². The van der Waals surface area contributed by atoms with Gasteiger partial charge in [0.25, 0.3) is 0 Å². The number of halogens is 2. The summed E-state index contributed by atoms with van der Waals surface area (Å²) in [6, 6.07) is 19.0. The average Bonchev–Trinajstić information content (AvgIpc) is 2.55. The van der Waals surface area contributed by atoms with Gasteiger partial charge in [0.05, 0.1) is 0 Å². The number of carbonyl (C=O) groups is 1. The normalized spacial score (nSPS) is 16.6. The Hall–Kier alpha value is -1.83. The summed E-state index contributed by atoms with van der Waals surface area (Å²) in [5, 5.41) is 0. The van der Waals surface area contributed by atoms with Gasteiger partial charge in [-0.1, -0.05) is 89.9 Å². The standard InChI is InChI=1S/C19H14Cl2O/c20-19(21)12-11-16(14-7-3-1-4-8-14)17(13-19)18(22)15-9-5-2-6-10-15/h1-12H,13H2. The second-order valence-corrected chi connectivity index (χ2v) is 6.77. The predicted molar refractivity (Wildman–Crippen MR) is 92.3 cm³/mol. The van der Waals surface area contributed by atoms with Crippen molar-refractivity contribution in [3.05, 3.63) is 89.5 Å². The summed E-state index contributed by atoms with van der Waals surface area (Å²) in [4.78, 5) is 12.9. The molecule has 0 radical (unpaired) electrons. The van der Waals surface area contributed by atoms with E-state index >= 15 is 0 Å². The number of alkyl halides is 2. The van der Waals surface area contributed by atoms with E-state index in [0.29, 0.717) is 17.6 Å². The summed E-state index contributed by atoms with van der Waals surface area (Å²) in [7, 11) is 0. The monoisotopic (exact) mass is 328 g/mol. The summed E-state index contributed by atoms with van der Waals surface area (Å²) >= 11 is 12.5. The van der Waals surface area contributed by atoms with Crippen molar-refractivity contribution < 1.29 is 4.79 Å². The predicted octanol–water partition coefficient (Wildman–Crippen LogP) is 5.46. The summed E-state index contributed by atoms with van der Waals surface area (Å²) in [5.41, 5.74) is 3.16. The van der Waals surface area contributed by atoms with Crippen LogP contribution in [-0.4, -0.2) is 10.1 Å². The van der Waals surface area contributed by atoms with E-state index in [4.69, 9.17) is 23.2 Å². The average molecular weight is 329 g/mol. The number of carbonyl (C=O) groups excluding carboxylic acids is 1. The minimum absolute atomic E-state index is 0.0329. The Bertz CT molecular complexity index is 744. The summed E-state index contributed by atoms with van der Waals surface area (Å²) < 4.78 is -1.04. The molecule has 2 aromatic carbocycles. The molecule has 3 rings (SSSR count). The van der Waals surface area contributed by atoms with Gasteiger partial charge in [-0.05, 0) is 17.2 Å². The fourth-order valence-electron chi connectivity index (χ4n) is 2.55. The number of hydrogen-bond acceptors (Lipinski definition) is 1. The third-order valence-corrected chi connectivity index (χ3v) is 4.15. The van der Waals surface area contributed by atoms with Crippen molar-refractivity contribution >= 4 is 34.6 Å². The molecule has 0 fully saturated rings. The van der Waals surface area contributed by atoms with Crippen LogP contribution < -0.4 is 0 Å². The molecule has 0 aliphatic heterocycles. The zero-order chi connectivity index (χ0) is 15.6. The van der Waals surface area contributed by atoms with Crippen molar-refractivity contribution in [2.75, 3.05) is 0 Å². The van der Waals surface area contributed by atoms with Crippen molar-refractivity contribution in [1.29, 1.82) is 0 Å². The first-order valence-corrected chi connectivity index (χ1v) is 7.78. The minimum Gasteiger partial charge on any atom is -0.289 e. The van der Waals surface area contributed by atoms with E-state index in [1.54, 1.807) is 18.2 Å². The van der Waals surface area contributed by atoms with Crippen LogP contribution in [0.1, 0.15) is 22.3 Å². The van der Waals surface area contributed by atoms with Crippen LogP contribution in [-0.2, 0) is 0 Å². The number of hydrogen-bond donors (Lipinski definition) is 0. The van der Waals surface area contributed by atoms with E-state index in [2.05, 4.69) is 0 Å². The molecule has 2 aromatic rings. The second-order valence-electron chi connectivity index (χ2n) is 5.22. The molecule has 22 heavy (non-hydrogen) atoms. The zero-order valence-corrected chi connectivity index (χ0v) is 13.3. The topological polar surface area (TPSA) is 17.1 Å². The SMILES string of the molecule is O=C(C1=C(c2ccccc2)C=CC(Cl)(Cl)C1)c1ccccc1. The van der Waals surface area contributed by atoms with Crippen molar-refractivity contribution in [1.82, 2.24) is 0 Å². The highest BCUT2D eigenvalue weighted by molar-refractivity contribution is 6.50. The minimum atomic E-state index is -1.04. The molecule has 0 heterocycles. The molecule has 0 aromatic heterocycles. The van der Waals surface area contributed by atoms with Gasteiger partial charge in [0.1, 0.15) is 4.33 Å². The van der Waals surface area contributed by atoms with E-state index in [0.717, 1.165) is 11.1 Å². The van der Waals surface area contributed by atoms with Gasteiger partial charge >= 0.3 is 0 Å². The number of benzene rings is 2. The molecule has 0 N–H and O–H groups in total. The van der Waals surface area contributed by atoms with Gasteiger partial charge < -0.3 is 0 Å². The van der Waals surface area contributed by atoms with Crippen LogP contribution in [0.4, 0.5) is 0 Å². The molecule has 3 heteroatoms. The lowest BCUT2D eigenvalue weighted by molar-refractivity contribution is 0.103. The van der Waals surface area contributed by atoms with Gasteiger partial charge in [-0.3, -0.25) is 4.79 Å². The Morgan fingerprint density at radius 2 is 1.50 bits per heavy atom. The highest BCUT2D eigenvalue weighted by Crippen LogP contribution is 2.40. The lowest BCUT2D eigenvalue weighted by Crippen LogP contribution is -2.19. The van der Waals surface area contributed by atoms with E-state index < -0.39 is 4.33 Å². The molecule has 0 spiro atoms. The number of rotatable bonds is 3. The zero-order valence-electron chi connectivity index (χ0n) is 11.8. The lowest BCUT2D eigenvalue weighted by atomic mass is 9.87. The molecule has 1 aliphatic carbocycles. The van der Waals surface area contributed by atoms with Crippen molar-refractivity contribution in [2.24, 2.45) is 0 Å². The van der Waals surface area contributed by atoms with Crippen LogP contribution >= 0.6 is 23.2 Å². The quantitative estimate of drug-likeness (QED) is 0.540. The third-order valence-electron chi connectivity index (χ3n) is 3.63. The van der Waals surface area contributed by atoms with Gasteiger partial charge in [0.15, 0.2) is 5.78 Å². The van der Waals surface area contributed by atoms with Gasteiger partial charge in [-0.15, -0.1) is 0 Å². The molecule has 0 amide bonds. The first-order valence-electron chi connectivity index (χ1n) is 7.02. The highest BCUT2D eigenvalue weighted by atomic mass is 35.5. The summed E-state index contributed by atoms with van der Waals surface area (Å²) in [5.74, 6) is -0.0329. The van der Waals surface area contributed by atoms with Gasteiger partial charge in [0.2, 0.25) is 0 Å². The fourth-order valence-corrected chi connectivity index (χ4v) is 2.94. The Balaban J connectivity index is 2.11. The van der Waals surface area contributed by atoms with Crippen LogP contribution in [0, 0.1) is 0 Å². The number of Topliss-reactive ketones (excluding diaryl/α,β-unsaturated/α-hetero) is 1. The molecule has 0 saturated heterocycles. The summed E-state index contributed by atoms with van der Waals surface area (Å²) in [6.45, 7) is 0. The second kappa shape index (κ2) is 6.12. The fraction of sp³-hybridized carbons (Fsp3) is 0.105. The molecule has 1 aliphatic rings. The van der Waals surface area contributed by atoms with Gasteiger partial charge in [-0.25, -0.2) is 0 Å². The van der Waals surface area contributed by atoms with E-state index in [-0.39, 0.29) is 5.78 Å². The van der Waals surface area contributed by atoms with Crippen LogP contribution in [0.3, 0.4) is 0 Å². The van der Waals surface area contributed by atoms with E-state index in [9.17, 15) is 4.79 Å². The van der Waals surface area contributed by atoms with Gasteiger partial charge in [-0.2, -0.15) is 0 Å².